The van der Waals surface area contributed by atoms with Gasteiger partial charge in [-0.1, -0.05) is 18.9 Å². The highest BCUT2D eigenvalue weighted by Crippen LogP contribution is 2.26. The minimum absolute atomic E-state index is 0.0297. The third kappa shape index (κ3) is 3.77. The first-order valence-electron chi connectivity index (χ1n) is 6.79. The summed E-state index contributed by atoms with van der Waals surface area (Å²) in [4.78, 5) is -0.231. The molecule has 1 aliphatic heterocycles. The molecule has 2 rings (SSSR count). The van der Waals surface area contributed by atoms with Crippen molar-refractivity contribution in [2.45, 2.75) is 48.4 Å². The number of benzene rings is 1. The maximum atomic E-state index is 12.7. The Morgan fingerprint density at radius 3 is 2.43 bits per heavy atom. The molecule has 1 unspecified atom stereocenters. The van der Waals surface area contributed by atoms with Crippen molar-refractivity contribution in [1.82, 2.24) is 4.31 Å². The van der Waals surface area contributed by atoms with Gasteiger partial charge in [0.2, 0.25) is 10.0 Å². The fraction of sp³-hybridized carbons (Fsp3) is 0.538. The molecule has 0 spiro atoms. The molecule has 8 heteroatoms. The summed E-state index contributed by atoms with van der Waals surface area (Å²) in [5.74, 6) is 0. The van der Waals surface area contributed by atoms with Crippen LogP contribution in [0.2, 0.25) is 0 Å². The molecule has 1 atom stereocenters. The number of nitrogens with zero attached hydrogens (tertiary/aromatic N) is 1. The van der Waals surface area contributed by atoms with Gasteiger partial charge >= 0.3 is 0 Å². The van der Waals surface area contributed by atoms with Crippen molar-refractivity contribution in [1.29, 1.82) is 0 Å². The molecule has 0 N–H and O–H groups in total. The number of sulfonamides is 1. The standard InChI is InChI=1S/C13H18ClNO4S2/c1-11-6-3-2-4-9-15(11)21(18,19)13-8-5-7-12(10-13)20(14,16)17/h5,7-8,10-11H,2-4,6,9H2,1H3. The van der Waals surface area contributed by atoms with E-state index in [-0.39, 0.29) is 15.8 Å². The van der Waals surface area contributed by atoms with Gasteiger partial charge in [-0.25, -0.2) is 16.8 Å². The molecule has 1 aromatic rings. The summed E-state index contributed by atoms with van der Waals surface area (Å²) in [6.07, 6.45) is 3.64. The maximum absolute atomic E-state index is 12.7. The van der Waals surface area contributed by atoms with E-state index in [4.69, 9.17) is 10.7 Å². The van der Waals surface area contributed by atoms with Crippen LogP contribution in [0.5, 0.6) is 0 Å². The first-order chi connectivity index (χ1) is 9.73. The lowest BCUT2D eigenvalue weighted by molar-refractivity contribution is 0.342. The van der Waals surface area contributed by atoms with E-state index < -0.39 is 19.1 Å². The van der Waals surface area contributed by atoms with E-state index in [0.717, 1.165) is 31.7 Å². The molecular formula is C13H18ClNO4S2. The average Bonchev–Trinajstić information content (AvgIpc) is 2.63. The molecule has 1 aliphatic rings. The first kappa shape index (κ1) is 16.7. The smallest absolute Gasteiger partial charge is 0.207 e. The van der Waals surface area contributed by atoms with Crippen LogP contribution in [0.1, 0.15) is 32.6 Å². The molecule has 0 aromatic heterocycles. The number of rotatable bonds is 3. The lowest BCUT2D eigenvalue weighted by Gasteiger charge is -2.26. The molecule has 0 bridgehead atoms. The minimum atomic E-state index is -3.95. The predicted octanol–water partition coefficient (Wildman–Crippen LogP) is 2.57. The molecule has 5 nitrogen and oxygen atoms in total. The zero-order chi connectivity index (χ0) is 15.7. The second kappa shape index (κ2) is 6.24. The fourth-order valence-electron chi connectivity index (χ4n) is 2.53. The Morgan fingerprint density at radius 1 is 1.10 bits per heavy atom. The van der Waals surface area contributed by atoms with Crippen LogP contribution in [-0.2, 0) is 19.1 Å². The SMILES string of the molecule is CC1CCCCCN1S(=O)(=O)c1cccc(S(=O)(=O)Cl)c1. The third-order valence-electron chi connectivity index (χ3n) is 3.69. The number of halogens is 1. The van der Waals surface area contributed by atoms with Gasteiger partial charge in [-0.3, -0.25) is 0 Å². The Kier molecular flexibility index (Phi) is 4.97. The molecule has 21 heavy (non-hydrogen) atoms. The van der Waals surface area contributed by atoms with Crippen LogP contribution in [0.15, 0.2) is 34.1 Å². The van der Waals surface area contributed by atoms with E-state index in [1.807, 2.05) is 6.92 Å². The summed E-state index contributed by atoms with van der Waals surface area (Å²) in [5.41, 5.74) is 0. The van der Waals surface area contributed by atoms with Crippen molar-refractivity contribution in [3.8, 4) is 0 Å². The third-order valence-corrected chi connectivity index (χ3v) is 7.05. The van der Waals surface area contributed by atoms with Gasteiger partial charge in [-0.2, -0.15) is 4.31 Å². The van der Waals surface area contributed by atoms with Gasteiger partial charge in [0.1, 0.15) is 0 Å². The Morgan fingerprint density at radius 2 is 1.76 bits per heavy atom. The Hall–Kier alpha value is -0.630. The average molecular weight is 352 g/mol. The quantitative estimate of drug-likeness (QED) is 0.784. The molecule has 0 radical (unpaired) electrons. The van der Waals surface area contributed by atoms with Gasteiger partial charge in [0, 0.05) is 23.3 Å². The van der Waals surface area contributed by atoms with Crippen LogP contribution < -0.4 is 0 Å². The monoisotopic (exact) mass is 351 g/mol. The summed E-state index contributed by atoms with van der Waals surface area (Å²) in [6.45, 7) is 2.34. The van der Waals surface area contributed by atoms with Crippen molar-refractivity contribution in [2.24, 2.45) is 0 Å². The molecule has 0 amide bonds. The van der Waals surface area contributed by atoms with Gasteiger partial charge in [0.15, 0.2) is 0 Å². The highest BCUT2D eigenvalue weighted by Gasteiger charge is 2.30. The summed E-state index contributed by atoms with van der Waals surface area (Å²) in [7, 11) is -2.37. The van der Waals surface area contributed by atoms with Crippen molar-refractivity contribution < 1.29 is 16.8 Å². The van der Waals surface area contributed by atoms with Crippen LogP contribution in [0.3, 0.4) is 0 Å². The summed E-state index contributed by atoms with van der Waals surface area (Å²) in [5, 5.41) is 0. The largest absolute Gasteiger partial charge is 0.261 e. The molecule has 118 valence electrons. The van der Waals surface area contributed by atoms with Gasteiger partial charge in [0.25, 0.3) is 9.05 Å². The Balaban J connectivity index is 2.44. The maximum Gasteiger partial charge on any atom is 0.261 e. The van der Waals surface area contributed by atoms with E-state index in [1.165, 1.54) is 22.5 Å². The van der Waals surface area contributed by atoms with Crippen LogP contribution >= 0.6 is 10.7 Å². The van der Waals surface area contributed by atoms with Gasteiger partial charge in [-0.15, -0.1) is 0 Å². The van der Waals surface area contributed by atoms with E-state index in [0.29, 0.717) is 6.54 Å². The Labute approximate surface area is 130 Å². The molecule has 1 aromatic carbocycles. The molecule has 0 aliphatic carbocycles. The highest BCUT2D eigenvalue weighted by molar-refractivity contribution is 8.13. The fourth-order valence-corrected chi connectivity index (χ4v) is 5.14. The topological polar surface area (TPSA) is 71.5 Å². The molecule has 1 heterocycles. The molecule has 1 fully saturated rings. The highest BCUT2D eigenvalue weighted by atomic mass is 35.7. The van der Waals surface area contributed by atoms with Gasteiger partial charge in [-0.05, 0) is 38.0 Å². The van der Waals surface area contributed by atoms with E-state index in [9.17, 15) is 16.8 Å². The number of hydrogen-bond donors (Lipinski definition) is 0. The normalized spacial score (nSPS) is 21.9. The predicted molar refractivity (Wildman–Crippen MR) is 81.3 cm³/mol. The number of hydrogen-bond acceptors (Lipinski definition) is 4. The summed E-state index contributed by atoms with van der Waals surface area (Å²) < 4.78 is 49.6. The summed E-state index contributed by atoms with van der Waals surface area (Å²) >= 11 is 0. The van der Waals surface area contributed by atoms with Crippen molar-refractivity contribution in [3.05, 3.63) is 24.3 Å². The Bertz CT molecular complexity index is 715. The van der Waals surface area contributed by atoms with E-state index >= 15 is 0 Å². The second-order valence-corrected chi connectivity index (χ2v) is 9.68. The molecular weight excluding hydrogens is 334 g/mol. The van der Waals surface area contributed by atoms with Crippen LogP contribution in [0.4, 0.5) is 0 Å². The van der Waals surface area contributed by atoms with Crippen LogP contribution in [0.25, 0.3) is 0 Å². The lowest BCUT2D eigenvalue weighted by atomic mass is 10.1. The van der Waals surface area contributed by atoms with Crippen LogP contribution in [0, 0.1) is 0 Å². The summed E-state index contributed by atoms with van der Waals surface area (Å²) in [6, 6.07) is 5.11. The zero-order valence-electron chi connectivity index (χ0n) is 11.7. The van der Waals surface area contributed by atoms with Gasteiger partial charge in [0.05, 0.1) is 9.79 Å². The minimum Gasteiger partial charge on any atom is -0.207 e. The van der Waals surface area contributed by atoms with Crippen LogP contribution in [-0.4, -0.2) is 33.7 Å². The molecule has 0 saturated carbocycles. The van der Waals surface area contributed by atoms with Crippen molar-refractivity contribution >= 4 is 29.8 Å². The van der Waals surface area contributed by atoms with E-state index in [2.05, 4.69) is 0 Å². The molecule has 1 saturated heterocycles. The second-order valence-electron chi connectivity index (χ2n) is 5.23. The van der Waals surface area contributed by atoms with Crippen molar-refractivity contribution in [2.75, 3.05) is 6.54 Å². The van der Waals surface area contributed by atoms with E-state index in [1.54, 1.807) is 0 Å². The van der Waals surface area contributed by atoms with Gasteiger partial charge < -0.3 is 0 Å². The first-order valence-corrected chi connectivity index (χ1v) is 10.5. The lowest BCUT2D eigenvalue weighted by Crippen LogP contribution is -2.38. The van der Waals surface area contributed by atoms with Crippen molar-refractivity contribution in [3.63, 3.8) is 0 Å². The zero-order valence-corrected chi connectivity index (χ0v) is 14.1.